The van der Waals surface area contributed by atoms with Crippen molar-refractivity contribution < 1.29 is 27.5 Å². The van der Waals surface area contributed by atoms with Gasteiger partial charge in [-0.1, -0.05) is 18.2 Å². The molecule has 0 N–H and O–H groups in total. The van der Waals surface area contributed by atoms with Gasteiger partial charge in [-0.25, -0.2) is 8.42 Å². The highest BCUT2D eigenvalue weighted by molar-refractivity contribution is 7.91. The number of carbonyl (C=O) groups excluding carboxylic acids is 2. The Labute approximate surface area is 170 Å². The van der Waals surface area contributed by atoms with E-state index >= 15 is 0 Å². The monoisotopic (exact) mass is 417 g/mol. The minimum atomic E-state index is -3.16. The van der Waals surface area contributed by atoms with Gasteiger partial charge in [0, 0.05) is 11.3 Å². The van der Waals surface area contributed by atoms with Gasteiger partial charge in [-0.15, -0.1) is 0 Å². The molecule has 1 aliphatic rings. The minimum Gasteiger partial charge on any atom is -0.493 e. The van der Waals surface area contributed by atoms with Crippen molar-refractivity contribution in [3.8, 4) is 11.5 Å². The van der Waals surface area contributed by atoms with Crippen LogP contribution in [0.4, 0.5) is 5.69 Å². The third-order valence-electron chi connectivity index (χ3n) is 4.80. The van der Waals surface area contributed by atoms with E-state index < -0.39 is 15.9 Å². The van der Waals surface area contributed by atoms with E-state index in [9.17, 15) is 18.0 Å². The molecule has 8 heteroatoms. The van der Waals surface area contributed by atoms with Gasteiger partial charge < -0.3 is 14.4 Å². The van der Waals surface area contributed by atoms with Crippen molar-refractivity contribution >= 4 is 27.2 Å². The van der Waals surface area contributed by atoms with Crippen molar-refractivity contribution in [3.63, 3.8) is 0 Å². The number of sulfone groups is 1. The van der Waals surface area contributed by atoms with Gasteiger partial charge in [-0.3, -0.25) is 9.59 Å². The second-order valence-electron chi connectivity index (χ2n) is 6.87. The topological polar surface area (TPSA) is 90.0 Å². The van der Waals surface area contributed by atoms with Crippen molar-refractivity contribution in [2.45, 2.75) is 19.4 Å². The van der Waals surface area contributed by atoms with Crippen LogP contribution in [0.2, 0.25) is 0 Å². The number of ether oxygens (including phenoxy) is 2. The van der Waals surface area contributed by atoms with Gasteiger partial charge in [0.05, 0.1) is 24.7 Å². The van der Waals surface area contributed by atoms with Crippen molar-refractivity contribution in [2.75, 3.05) is 30.1 Å². The summed E-state index contributed by atoms with van der Waals surface area (Å²) in [6.07, 6.45) is 0.388. The van der Waals surface area contributed by atoms with Crippen LogP contribution in [0, 0.1) is 0 Å². The van der Waals surface area contributed by atoms with Crippen LogP contribution in [0.15, 0.2) is 48.5 Å². The normalized spacial score (nSPS) is 17.5. The Bertz CT molecular complexity index is 1000. The number of anilines is 1. The third kappa shape index (κ3) is 4.95. The standard InChI is InChI=1S/C21H23NO6S/c1-15(23)16-8-9-19(20(12-16)27-2)28-13-21(24)22(17-6-4-3-5-7-17)18-10-11-29(25,26)14-18/h3-9,12,18H,10-11,13-14H2,1-2H3/t18-/m1/s1. The number of Topliss-reactive ketones (excluding diaryl/α,β-unsaturated/α-hetero) is 1. The highest BCUT2D eigenvalue weighted by Crippen LogP contribution is 2.29. The molecule has 7 nitrogen and oxygen atoms in total. The van der Waals surface area contributed by atoms with Crippen LogP contribution in [0.5, 0.6) is 11.5 Å². The molecule has 0 aliphatic carbocycles. The third-order valence-corrected chi connectivity index (χ3v) is 6.55. The van der Waals surface area contributed by atoms with E-state index in [1.165, 1.54) is 18.9 Å². The van der Waals surface area contributed by atoms with Gasteiger partial charge in [0.25, 0.3) is 5.91 Å². The quantitative estimate of drug-likeness (QED) is 0.643. The van der Waals surface area contributed by atoms with Crippen molar-refractivity contribution in [1.82, 2.24) is 0 Å². The first kappa shape index (κ1) is 20.9. The van der Waals surface area contributed by atoms with Crippen LogP contribution >= 0.6 is 0 Å². The molecular formula is C21H23NO6S. The molecule has 2 aromatic rings. The molecule has 2 aromatic carbocycles. The van der Waals surface area contributed by atoms with Gasteiger partial charge >= 0.3 is 0 Å². The Morgan fingerprint density at radius 3 is 2.41 bits per heavy atom. The fourth-order valence-corrected chi connectivity index (χ4v) is 5.04. The van der Waals surface area contributed by atoms with Gasteiger partial charge in [-0.2, -0.15) is 0 Å². The van der Waals surface area contributed by atoms with E-state index in [0.717, 1.165) is 0 Å². The molecule has 29 heavy (non-hydrogen) atoms. The Morgan fingerprint density at radius 1 is 1.10 bits per heavy atom. The predicted octanol–water partition coefficient (Wildman–Crippen LogP) is 2.50. The molecule has 0 aromatic heterocycles. The molecule has 0 unspecified atom stereocenters. The van der Waals surface area contributed by atoms with Gasteiger partial charge in [0.1, 0.15) is 0 Å². The molecule has 0 radical (unpaired) electrons. The smallest absolute Gasteiger partial charge is 0.265 e. The Balaban J connectivity index is 1.80. The lowest BCUT2D eigenvalue weighted by Crippen LogP contribution is -2.43. The van der Waals surface area contributed by atoms with E-state index in [4.69, 9.17) is 9.47 Å². The number of rotatable bonds is 7. The maximum atomic E-state index is 13.0. The Hall–Kier alpha value is -2.87. The van der Waals surface area contributed by atoms with Crippen LogP contribution in [-0.4, -0.2) is 51.4 Å². The Kier molecular flexibility index (Phi) is 6.22. The molecule has 1 aliphatic heterocycles. The SMILES string of the molecule is COc1cc(C(C)=O)ccc1OCC(=O)N(c1ccccc1)[C@@H]1CCS(=O)(=O)C1. The molecule has 0 bridgehead atoms. The number of methoxy groups -OCH3 is 1. The zero-order valence-corrected chi connectivity index (χ0v) is 17.1. The minimum absolute atomic E-state index is 0.0649. The van der Waals surface area contributed by atoms with Gasteiger partial charge in [-0.05, 0) is 43.7 Å². The van der Waals surface area contributed by atoms with E-state index in [1.54, 1.807) is 42.5 Å². The molecule has 154 valence electrons. The summed E-state index contributed by atoms with van der Waals surface area (Å²) >= 11 is 0. The maximum absolute atomic E-state index is 13.0. The summed E-state index contributed by atoms with van der Waals surface area (Å²) in [6, 6.07) is 13.3. The largest absolute Gasteiger partial charge is 0.493 e. The van der Waals surface area contributed by atoms with E-state index in [-0.39, 0.29) is 29.8 Å². The number of hydrogen-bond acceptors (Lipinski definition) is 6. The zero-order chi connectivity index (χ0) is 21.0. The first-order valence-corrected chi connectivity index (χ1v) is 11.0. The molecule has 0 spiro atoms. The summed E-state index contributed by atoms with van der Waals surface area (Å²) in [5.41, 5.74) is 1.10. The predicted molar refractivity (Wildman–Crippen MR) is 109 cm³/mol. The lowest BCUT2D eigenvalue weighted by Gasteiger charge is -2.28. The highest BCUT2D eigenvalue weighted by Gasteiger charge is 2.35. The van der Waals surface area contributed by atoms with Gasteiger partial charge in [0.2, 0.25) is 0 Å². The highest BCUT2D eigenvalue weighted by atomic mass is 32.2. The summed E-state index contributed by atoms with van der Waals surface area (Å²) in [5.74, 6) is 0.220. The molecule has 1 atom stereocenters. The first-order valence-electron chi connectivity index (χ1n) is 9.20. The summed E-state index contributed by atoms with van der Waals surface area (Å²) < 4.78 is 34.8. The fourth-order valence-electron chi connectivity index (χ4n) is 3.34. The van der Waals surface area contributed by atoms with Crippen molar-refractivity contribution in [1.29, 1.82) is 0 Å². The molecule has 1 amide bonds. The fraction of sp³-hybridized carbons (Fsp3) is 0.333. The number of hydrogen-bond donors (Lipinski definition) is 0. The number of benzene rings is 2. The first-order chi connectivity index (χ1) is 13.8. The second-order valence-corrected chi connectivity index (χ2v) is 9.10. The average Bonchev–Trinajstić information content (AvgIpc) is 3.06. The second kappa shape index (κ2) is 8.65. The summed E-state index contributed by atoms with van der Waals surface area (Å²) in [4.78, 5) is 26.0. The average molecular weight is 417 g/mol. The number of carbonyl (C=O) groups is 2. The lowest BCUT2D eigenvalue weighted by atomic mass is 10.1. The van der Waals surface area contributed by atoms with Gasteiger partial charge in [0.15, 0.2) is 33.7 Å². The van der Waals surface area contributed by atoms with E-state index in [0.29, 0.717) is 29.2 Å². The van der Waals surface area contributed by atoms with Crippen LogP contribution < -0.4 is 14.4 Å². The zero-order valence-electron chi connectivity index (χ0n) is 16.3. The van der Waals surface area contributed by atoms with Crippen LogP contribution in [0.3, 0.4) is 0 Å². The maximum Gasteiger partial charge on any atom is 0.265 e. The van der Waals surface area contributed by atoms with E-state index in [2.05, 4.69) is 0 Å². The summed E-state index contributed by atoms with van der Waals surface area (Å²) in [7, 11) is -1.71. The summed E-state index contributed by atoms with van der Waals surface area (Å²) in [5, 5.41) is 0. The van der Waals surface area contributed by atoms with Crippen molar-refractivity contribution in [3.05, 3.63) is 54.1 Å². The summed E-state index contributed by atoms with van der Waals surface area (Å²) in [6.45, 7) is 1.16. The molecular weight excluding hydrogens is 394 g/mol. The molecule has 1 heterocycles. The molecule has 3 rings (SSSR count). The Morgan fingerprint density at radius 2 is 1.83 bits per heavy atom. The van der Waals surface area contributed by atoms with E-state index in [1.807, 2.05) is 6.07 Å². The molecule has 1 saturated heterocycles. The number of para-hydroxylation sites is 1. The van der Waals surface area contributed by atoms with Crippen LogP contribution in [0.25, 0.3) is 0 Å². The molecule has 1 fully saturated rings. The van der Waals surface area contributed by atoms with Crippen LogP contribution in [-0.2, 0) is 14.6 Å². The van der Waals surface area contributed by atoms with Crippen LogP contribution in [0.1, 0.15) is 23.7 Å². The van der Waals surface area contributed by atoms with Crippen molar-refractivity contribution in [2.24, 2.45) is 0 Å². The number of amides is 1. The lowest BCUT2D eigenvalue weighted by molar-refractivity contribution is -0.121. The number of nitrogens with zero attached hydrogens (tertiary/aromatic N) is 1. The molecule has 0 saturated carbocycles. The number of ketones is 1.